The average Bonchev–Trinajstić information content (AvgIpc) is 3.09. The summed E-state index contributed by atoms with van der Waals surface area (Å²) in [6, 6.07) is 0.355. The fourth-order valence-electron chi connectivity index (χ4n) is 4.14. The molecule has 1 N–H and O–H groups in total. The Morgan fingerprint density at radius 2 is 1.80 bits per heavy atom. The zero-order valence-corrected chi connectivity index (χ0v) is 13.3. The summed E-state index contributed by atoms with van der Waals surface area (Å²) in [6.45, 7) is 6.01. The predicted molar refractivity (Wildman–Crippen MR) is 77.9 cm³/mol. The van der Waals surface area contributed by atoms with Crippen molar-refractivity contribution in [3.05, 3.63) is 0 Å². The van der Waals surface area contributed by atoms with Crippen molar-refractivity contribution in [1.82, 2.24) is 9.21 Å². The third-order valence-corrected chi connectivity index (χ3v) is 8.01. The molecule has 3 rings (SSSR count). The number of nitrogens with zero attached hydrogens (tertiary/aromatic N) is 2. The number of hydrogen-bond acceptors (Lipinski definition) is 4. The molecule has 0 radical (unpaired) electrons. The Kier molecular flexibility index (Phi) is 3.64. The lowest BCUT2D eigenvalue weighted by Gasteiger charge is -2.44. The highest BCUT2D eigenvalue weighted by atomic mass is 32.2. The van der Waals surface area contributed by atoms with Gasteiger partial charge in [0.2, 0.25) is 10.0 Å². The second kappa shape index (κ2) is 4.93. The Labute approximate surface area is 122 Å². The van der Waals surface area contributed by atoms with E-state index in [1.54, 1.807) is 4.31 Å². The highest BCUT2D eigenvalue weighted by molar-refractivity contribution is 7.90. The first kappa shape index (κ1) is 14.8. The molecule has 20 heavy (non-hydrogen) atoms. The molecule has 2 aliphatic carbocycles. The van der Waals surface area contributed by atoms with Gasteiger partial charge in [-0.3, -0.25) is 4.90 Å². The molecule has 1 aliphatic heterocycles. The number of aliphatic hydroxyl groups excluding tert-OH is 1. The molecule has 5 nitrogen and oxygen atoms in total. The molecule has 3 atom stereocenters. The minimum Gasteiger partial charge on any atom is -0.395 e. The van der Waals surface area contributed by atoms with E-state index >= 15 is 0 Å². The molecule has 0 amide bonds. The molecule has 3 aliphatic rings. The Balaban J connectivity index is 1.69. The van der Waals surface area contributed by atoms with Gasteiger partial charge in [-0.15, -0.1) is 0 Å². The summed E-state index contributed by atoms with van der Waals surface area (Å²) >= 11 is 0. The van der Waals surface area contributed by atoms with Gasteiger partial charge in [-0.2, -0.15) is 4.31 Å². The monoisotopic (exact) mass is 302 g/mol. The normalized spacial score (nSPS) is 37.9. The van der Waals surface area contributed by atoms with Crippen LogP contribution in [0.3, 0.4) is 0 Å². The maximum atomic E-state index is 12.8. The molecule has 0 aromatic heterocycles. The summed E-state index contributed by atoms with van der Waals surface area (Å²) in [5, 5.41) is 9.01. The lowest BCUT2D eigenvalue weighted by Crippen LogP contribution is -2.59. The first-order chi connectivity index (χ1) is 9.40. The molecule has 1 heterocycles. The Hall–Kier alpha value is -0.170. The number of aliphatic hydroxyl groups is 1. The van der Waals surface area contributed by atoms with E-state index in [0.717, 1.165) is 19.3 Å². The van der Waals surface area contributed by atoms with Crippen LogP contribution < -0.4 is 0 Å². The van der Waals surface area contributed by atoms with Crippen LogP contribution in [0.5, 0.6) is 0 Å². The molecule has 0 aromatic carbocycles. The molecular weight excluding hydrogens is 276 g/mol. The summed E-state index contributed by atoms with van der Waals surface area (Å²) in [6.07, 6.45) is 4.29. The summed E-state index contributed by atoms with van der Waals surface area (Å²) in [5.74, 6) is 0. The van der Waals surface area contributed by atoms with Crippen molar-refractivity contribution in [3.8, 4) is 0 Å². The van der Waals surface area contributed by atoms with Gasteiger partial charge >= 0.3 is 0 Å². The standard InChI is InChI=1S/C14H26N2O3S/c1-11-9-15(10-12(2)16(11)6-7-17)20(18,19)13-8-14(13)4-3-5-14/h11-13,17H,3-10H2,1-2H3/t11-,12+,13?. The van der Waals surface area contributed by atoms with E-state index in [2.05, 4.69) is 18.7 Å². The van der Waals surface area contributed by atoms with Crippen molar-refractivity contribution in [3.63, 3.8) is 0 Å². The van der Waals surface area contributed by atoms with Crippen molar-refractivity contribution >= 4 is 10.0 Å². The average molecular weight is 302 g/mol. The van der Waals surface area contributed by atoms with Gasteiger partial charge in [-0.25, -0.2) is 8.42 Å². The summed E-state index contributed by atoms with van der Waals surface area (Å²) < 4.78 is 27.3. The van der Waals surface area contributed by atoms with Gasteiger partial charge in [0.15, 0.2) is 0 Å². The smallest absolute Gasteiger partial charge is 0.217 e. The zero-order valence-electron chi connectivity index (χ0n) is 12.5. The molecule has 2 saturated carbocycles. The summed E-state index contributed by atoms with van der Waals surface area (Å²) in [7, 11) is -3.12. The van der Waals surface area contributed by atoms with Crippen LogP contribution in [0.25, 0.3) is 0 Å². The van der Waals surface area contributed by atoms with E-state index in [-0.39, 0.29) is 29.4 Å². The maximum Gasteiger partial charge on any atom is 0.217 e. The fourth-order valence-corrected chi connectivity index (χ4v) is 6.76. The lowest BCUT2D eigenvalue weighted by atomic mass is 9.82. The van der Waals surface area contributed by atoms with Gasteiger partial charge in [0.05, 0.1) is 11.9 Å². The third kappa shape index (κ3) is 2.21. The summed E-state index contributed by atoms with van der Waals surface area (Å²) in [4.78, 5) is 2.21. The van der Waals surface area contributed by atoms with E-state index in [9.17, 15) is 8.42 Å². The molecule has 1 unspecified atom stereocenters. The summed E-state index contributed by atoms with van der Waals surface area (Å²) in [5.41, 5.74) is 0.160. The molecule has 116 valence electrons. The van der Waals surface area contributed by atoms with Crippen LogP contribution in [0.15, 0.2) is 0 Å². The van der Waals surface area contributed by atoms with Crippen molar-refractivity contribution in [2.45, 2.75) is 56.9 Å². The number of sulfonamides is 1. The number of rotatable bonds is 4. The molecule has 1 spiro atoms. The molecule has 3 fully saturated rings. The topological polar surface area (TPSA) is 60.9 Å². The van der Waals surface area contributed by atoms with Gasteiger partial charge in [0.1, 0.15) is 0 Å². The van der Waals surface area contributed by atoms with E-state index in [0.29, 0.717) is 19.6 Å². The highest BCUT2D eigenvalue weighted by Crippen LogP contribution is 2.64. The predicted octanol–water partition coefficient (Wildman–Crippen LogP) is 0.646. The van der Waals surface area contributed by atoms with Gasteiger partial charge in [-0.05, 0) is 38.5 Å². The van der Waals surface area contributed by atoms with Crippen LogP contribution in [0.4, 0.5) is 0 Å². The molecule has 0 bridgehead atoms. The van der Waals surface area contributed by atoms with Gasteiger partial charge < -0.3 is 5.11 Å². The minimum atomic E-state index is -3.12. The van der Waals surface area contributed by atoms with Crippen LogP contribution in [0.2, 0.25) is 0 Å². The van der Waals surface area contributed by atoms with Crippen molar-refractivity contribution in [2.75, 3.05) is 26.2 Å². The van der Waals surface area contributed by atoms with Crippen molar-refractivity contribution < 1.29 is 13.5 Å². The second-order valence-electron chi connectivity index (χ2n) is 6.93. The van der Waals surface area contributed by atoms with Crippen LogP contribution in [0, 0.1) is 5.41 Å². The quantitative estimate of drug-likeness (QED) is 0.828. The van der Waals surface area contributed by atoms with Crippen LogP contribution >= 0.6 is 0 Å². The Morgan fingerprint density at radius 1 is 1.20 bits per heavy atom. The maximum absolute atomic E-state index is 12.8. The molecular formula is C14H26N2O3S. The molecule has 1 saturated heterocycles. The van der Waals surface area contributed by atoms with Crippen molar-refractivity contribution in [2.24, 2.45) is 5.41 Å². The fraction of sp³-hybridized carbons (Fsp3) is 1.00. The lowest BCUT2D eigenvalue weighted by molar-refractivity contribution is 0.0594. The first-order valence-electron chi connectivity index (χ1n) is 7.76. The van der Waals surface area contributed by atoms with Gasteiger partial charge in [0, 0.05) is 31.7 Å². The van der Waals surface area contributed by atoms with Crippen LogP contribution in [0.1, 0.15) is 39.5 Å². The van der Waals surface area contributed by atoms with E-state index in [1.807, 2.05) is 0 Å². The Bertz CT molecular complexity index is 463. The minimum absolute atomic E-state index is 0.104. The molecule has 0 aromatic rings. The van der Waals surface area contributed by atoms with Crippen LogP contribution in [-0.2, 0) is 10.0 Å². The SMILES string of the molecule is C[C@@H]1CN(S(=O)(=O)C2CC23CCC3)C[C@H](C)N1CCO. The highest BCUT2D eigenvalue weighted by Gasteiger charge is 2.65. The van der Waals surface area contributed by atoms with Gasteiger partial charge in [-0.1, -0.05) is 6.42 Å². The first-order valence-corrected chi connectivity index (χ1v) is 9.26. The van der Waals surface area contributed by atoms with Gasteiger partial charge in [0.25, 0.3) is 0 Å². The largest absolute Gasteiger partial charge is 0.395 e. The Morgan fingerprint density at radius 3 is 2.20 bits per heavy atom. The van der Waals surface area contributed by atoms with E-state index in [4.69, 9.17) is 5.11 Å². The van der Waals surface area contributed by atoms with E-state index < -0.39 is 10.0 Å². The number of β-amino-alcohol motifs (C(OH)–C–C–N with tert-alkyl or cyclic N) is 1. The van der Waals surface area contributed by atoms with Crippen molar-refractivity contribution in [1.29, 1.82) is 0 Å². The number of hydrogen-bond donors (Lipinski definition) is 1. The third-order valence-electron chi connectivity index (χ3n) is 5.61. The number of piperazine rings is 1. The zero-order chi connectivity index (χ0) is 14.5. The molecule has 6 heteroatoms. The van der Waals surface area contributed by atoms with Crippen LogP contribution in [-0.4, -0.2) is 66.3 Å². The second-order valence-corrected chi connectivity index (χ2v) is 9.05. The van der Waals surface area contributed by atoms with E-state index in [1.165, 1.54) is 6.42 Å².